The number of ether oxygens (including phenoxy) is 1. The van der Waals surface area contributed by atoms with Gasteiger partial charge in [-0.25, -0.2) is 0 Å². The molecule has 1 atom stereocenters. The Labute approximate surface area is 130 Å². The lowest BCUT2D eigenvalue weighted by atomic mass is 10.1. The Morgan fingerprint density at radius 2 is 2.05 bits per heavy atom. The van der Waals surface area contributed by atoms with Crippen LogP contribution in [0.25, 0.3) is 0 Å². The van der Waals surface area contributed by atoms with Crippen molar-refractivity contribution in [3.8, 4) is 0 Å². The molecule has 0 saturated carbocycles. The Morgan fingerprint density at radius 3 is 2.68 bits per heavy atom. The summed E-state index contributed by atoms with van der Waals surface area (Å²) in [5, 5.41) is 0. The van der Waals surface area contributed by atoms with Gasteiger partial charge in [0.15, 0.2) is 0 Å². The first-order chi connectivity index (χ1) is 10.6. The Kier molecular flexibility index (Phi) is 4.43. The summed E-state index contributed by atoms with van der Waals surface area (Å²) in [5.74, 6) is 0.325. The lowest BCUT2D eigenvalue weighted by molar-refractivity contribution is -0.137. The summed E-state index contributed by atoms with van der Waals surface area (Å²) >= 11 is 0. The van der Waals surface area contributed by atoms with E-state index in [0.29, 0.717) is 32.5 Å². The maximum atomic E-state index is 12.3. The van der Waals surface area contributed by atoms with E-state index >= 15 is 0 Å². The van der Waals surface area contributed by atoms with E-state index in [2.05, 4.69) is 0 Å². The van der Waals surface area contributed by atoms with Gasteiger partial charge in [0.25, 0.3) is 0 Å². The van der Waals surface area contributed by atoms with Crippen LogP contribution in [0.5, 0.6) is 0 Å². The molecule has 0 radical (unpaired) electrons. The minimum Gasteiger partial charge on any atom is -0.375 e. The summed E-state index contributed by atoms with van der Waals surface area (Å²) in [6.07, 6.45) is 2.08. The van der Waals surface area contributed by atoms with Crippen LogP contribution >= 0.6 is 0 Å². The summed E-state index contributed by atoms with van der Waals surface area (Å²) in [5.41, 5.74) is 1.92. The molecule has 2 heterocycles. The van der Waals surface area contributed by atoms with E-state index in [1.807, 2.05) is 41.0 Å². The van der Waals surface area contributed by atoms with Crippen LogP contribution < -0.4 is 4.90 Å². The molecule has 1 aromatic rings. The van der Waals surface area contributed by atoms with Crippen molar-refractivity contribution in [2.24, 2.45) is 0 Å². The lowest BCUT2D eigenvalue weighted by Crippen LogP contribution is -2.45. The van der Waals surface area contributed by atoms with Crippen molar-refractivity contribution >= 4 is 17.5 Å². The van der Waals surface area contributed by atoms with Crippen molar-refractivity contribution in [2.45, 2.75) is 32.3 Å². The Balaban J connectivity index is 1.61. The minimum atomic E-state index is 0.112. The number of rotatable bonds is 3. The molecule has 118 valence electrons. The van der Waals surface area contributed by atoms with Gasteiger partial charge in [-0.3, -0.25) is 9.59 Å². The highest BCUT2D eigenvalue weighted by atomic mass is 16.5. The van der Waals surface area contributed by atoms with Gasteiger partial charge >= 0.3 is 0 Å². The van der Waals surface area contributed by atoms with E-state index in [-0.39, 0.29) is 17.9 Å². The molecule has 2 aliphatic heterocycles. The van der Waals surface area contributed by atoms with Crippen LogP contribution in [0.2, 0.25) is 0 Å². The molecular weight excluding hydrogens is 280 g/mol. The Morgan fingerprint density at radius 1 is 1.27 bits per heavy atom. The topological polar surface area (TPSA) is 49.9 Å². The summed E-state index contributed by atoms with van der Waals surface area (Å²) in [4.78, 5) is 27.7. The molecule has 2 saturated heterocycles. The van der Waals surface area contributed by atoms with Gasteiger partial charge in [-0.1, -0.05) is 12.1 Å². The fraction of sp³-hybridized carbons (Fsp3) is 0.529. The summed E-state index contributed by atoms with van der Waals surface area (Å²) in [6.45, 7) is 4.73. The largest absolute Gasteiger partial charge is 0.375 e. The predicted molar refractivity (Wildman–Crippen MR) is 83.7 cm³/mol. The smallest absolute Gasteiger partial charge is 0.227 e. The number of nitrogens with zero attached hydrogens (tertiary/aromatic N) is 2. The fourth-order valence-electron chi connectivity index (χ4n) is 3.05. The highest BCUT2D eigenvalue weighted by Gasteiger charge is 2.23. The molecule has 0 N–H and O–H groups in total. The van der Waals surface area contributed by atoms with Crippen LogP contribution in [0, 0.1) is 0 Å². The molecule has 1 aromatic carbocycles. The van der Waals surface area contributed by atoms with Crippen LogP contribution in [0.1, 0.15) is 25.3 Å². The van der Waals surface area contributed by atoms with Crippen molar-refractivity contribution in [1.82, 2.24) is 4.90 Å². The van der Waals surface area contributed by atoms with Crippen LogP contribution in [0.3, 0.4) is 0 Å². The molecular formula is C17H22N2O3. The van der Waals surface area contributed by atoms with E-state index in [4.69, 9.17) is 4.74 Å². The standard InChI is InChI=1S/C17H22N2O3/c1-13-12-18(9-10-22-13)17(21)11-14-4-6-15(7-5-14)19-8-2-3-16(19)20/h4-7,13H,2-3,8-12H2,1H3. The first-order valence-electron chi connectivity index (χ1n) is 7.92. The van der Waals surface area contributed by atoms with Gasteiger partial charge in [-0.05, 0) is 31.0 Å². The molecule has 0 spiro atoms. The molecule has 0 aliphatic carbocycles. The fourth-order valence-corrected chi connectivity index (χ4v) is 3.05. The van der Waals surface area contributed by atoms with E-state index in [9.17, 15) is 9.59 Å². The monoisotopic (exact) mass is 302 g/mol. The summed E-state index contributed by atoms with van der Waals surface area (Å²) in [6, 6.07) is 7.77. The predicted octanol–water partition coefficient (Wildman–Crippen LogP) is 1.60. The third kappa shape index (κ3) is 3.30. The zero-order chi connectivity index (χ0) is 15.5. The molecule has 5 nitrogen and oxygen atoms in total. The number of morpholine rings is 1. The van der Waals surface area contributed by atoms with Crippen molar-refractivity contribution in [3.63, 3.8) is 0 Å². The highest BCUT2D eigenvalue weighted by molar-refractivity contribution is 5.95. The molecule has 1 unspecified atom stereocenters. The second kappa shape index (κ2) is 6.48. The maximum Gasteiger partial charge on any atom is 0.227 e. The second-order valence-electron chi connectivity index (χ2n) is 6.01. The molecule has 2 amide bonds. The van der Waals surface area contributed by atoms with Gasteiger partial charge < -0.3 is 14.5 Å². The van der Waals surface area contributed by atoms with Gasteiger partial charge in [-0.15, -0.1) is 0 Å². The van der Waals surface area contributed by atoms with Gasteiger partial charge in [0.2, 0.25) is 11.8 Å². The SMILES string of the molecule is CC1CN(C(=O)Cc2ccc(N3CCCC3=O)cc2)CCO1. The average Bonchev–Trinajstić information content (AvgIpc) is 2.94. The van der Waals surface area contributed by atoms with Crippen LogP contribution in [-0.4, -0.2) is 49.1 Å². The van der Waals surface area contributed by atoms with Crippen molar-refractivity contribution in [2.75, 3.05) is 31.1 Å². The molecule has 0 aromatic heterocycles. The zero-order valence-electron chi connectivity index (χ0n) is 13.0. The average molecular weight is 302 g/mol. The molecule has 3 rings (SSSR count). The van der Waals surface area contributed by atoms with Crippen LogP contribution in [0.4, 0.5) is 5.69 Å². The summed E-state index contributed by atoms with van der Waals surface area (Å²) in [7, 11) is 0. The van der Waals surface area contributed by atoms with Crippen LogP contribution in [-0.2, 0) is 20.7 Å². The molecule has 2 fully saturated rings. The van der Waals surface area contributed by atoms with Gasteiger partial charge in [0.1, 0.15) is 0 Å². The number of carbonyl (C=O) groups excluding carboxylic acids is 2. The van der Waals surface area contributed by atoms with Crippen LogP contribution in [0.15, 0.2) is 24.3 Å². The highest BCUT2D eigenvalue weighted by Crippen LogP contribution is 2.22. The minimum absolute atomic E-state index is 0.112. The Hall–Kier alpha value is -1.88. The molecule has 5 heteroatoms. The Bertz CT molecular complexity index is 556. The number of hydrogen-bond acceptors (Lipinski definition) is 3. The maximum absolute atomic E-state index is 12.3. The third-order valence-corrected chi connectivity index (χ3v) is 4.27. The first kappa shape index (κ1) is 15.0. The number of benzene rings is 1. The molecule has 2 aliphatic rings. The quantitative estimate of drug-likeness (QED) is 0.852. The van der Waals surface area contributed by atoms with Crippen molar-refractivity contribution in [1.29, 1.82) is 0 Å². The third-order valence-electron chi connectivity index (χ3n) is 4.27. The van der Waals surface area contributed by atoms with Crippen molar-refractivity contribution < 1.29 is 14.3 Å². The van der Waals surface area contributed by atoms with Gasteiger partial charge in [0.05, 0.1) is 19.1 Å². The van der Waals surface area contributed by atoms with E-state index in [1.165, 1.54) is 0 Å². The van der Waals surface area contributed by atoms with Gasteiger partial charge in [-0.2, -0.15) is 0 Å². The molecule has 22 heavy (non-hydrogen) atoms. The number of anilines is 1. The summed E-state index contributed by atoms with van der Waals surface area (Å²) < 4.78 is 5.46. The van der Waals surface area contributed by atoms with E-state index in [0.717, 1.165) is 24.2 Å². The van der Waals surface area contributed by atoms with Gasteiger partial charge in [0, 0.05) is 31.7 Å². The normalized spacial score (nSPS) is 22.2. The van der Waals surface area contributed by atoms with Crippen molar-refractivity contribution in [3.05, 3.63) is 29.8 Å². The molecule has 0 bridgehead atoms. The first-order valence-corrected chi connectivity index (χ1v) is 7.92. The van der Waals surface area contributed by atoms with E-state index in [1.54, 1.807) is 0 Å². The second-order valence-corrected chi connectivity index (χ2v) is 6.01. The zero-order valence-corrected chi connectivity index (χ0v) is 13.0. The van der Waals surface area contributed by atoms with E-state index < -0.39 is 0 Å². The lowest BCUT2D eigenvalue weighted by Gasteiger charge is -2.31. The number of carbonyl (C=O) groups is 2. The number of hydrogen-bond donors (Lipinski definition) is 0. The number of amides is 2.